The quantitative estimate of drug-likeness (QED) is 0.771. The molecule has 1 aliphatic heterocycles. The lowest BCUT2D eigenvalue weighted by Crippen LogP contribution is -2.42. The Labute approximate surface area is 162 Å². The molecule has 0 bridgehead atoms. The van der Waals surface area contributed by atoms with Crippen LogP contribution >= 0.6 is 0 Å². The molecule has 0 aliphatic carbocycles. The van der Waals surface area contributed by atoms with Crippen LogP contribution in [-0.2, 0) is 14.3 Å². The van der Waals surface area contributed by atoms with E-state index >= 15 is 0 Å². The minimum Gasteiger partial charge on any atom is -0.448 e. The number of imide groups is 1. The SMILES string of the molecule is CC(OC(=O)C1=NN(c2ccccc2)C(c2ccccc2)C1)C(=O)NC(N)=O. The van der Waals surface area contributed by atoms with Crippen molar-refractivity contribution in [3.05, 3.63) is 66.2 Å². The first-order valence-electron chi connectivity index (χ1n) is 8.73. The molecule has 0 spiro atoms. The van der Waals surface area contributed by atoms with Gasteiger partial charge < -0.3 is 10.5 Å². The second-order valence-electron chi connectivity index (χ2n) is 6.26. The average molecular weight is 380 g/mol. The van der Waals surface area contributed by atoms with Gasteiger partial charge in [-0.2, -0.15) is 5.10 Å². The second kappa shape index (κ2) is 8.34. The van der Waals surface area contributed by atoms with E-state index < -0.39 is 24.0 Å². The monoisotopic (exact) mass is 380 g/mol. The Kier molecular flexibility index (Phi) is 5.69. The lowest BCUT2D eigenvalue weighted by atomic mass is 10.0. The molecule has 28 heavy (non-hydrogen) atoms. The van der Waals surface area contributed by atoms with Crippen LogP contribution in [0, 0.1) is 0 Å². The van der Waals surface area contributed by atoms with E-state index in [1.54, 1.807) is 5.01 Å². The topological polar surface area (TPSA) is 114 Å². The van der Waals surface area contributed by atoms with Crippen LogP contribution in [0.25, 0.3) is 0 Å². The van der Waals surface area contributed by atoms with Crippen LogP contribution in [0.3, 0.4) is 0 Å². The Balaban J connectivity index is 1.80. The van der Waals surface area contributed by atoms with Gasteiger partial charge >= 0.3 is 12.0 Å². The summed E-state index contributed by atoms with van der Waals surface area (Å²) in [6.07, 6.45) is -0.856. The molecule has 3 amide bonds. The predicted molar refractivity (Wildman–Crippen MR) is 103 cm³/mol. The molecular weight excluding hydrogens is 360 g/mol. The molecule has 8 heteroatoms. The Hall–Kier alpha value is -3.68. The van der Waals surface area contributed by atoms with Crippen LogP contribution in [0.5, 0.6) is 0 Å². The number of hydrazone groups is 1. The molecule has 1 heterocycles. The molecule has 2 aromatic rings. The molecule has 0 radical (unpaired) electrons. The summed E-state index contributed by atoms with van der Waals surface area (Å²) in [4.78, 5) is 35.0. The summed E-state index contributed by atoms with van der Waals surface area (Å²) >= 11 is 0. The summed E-state index contributed by atoms with van der Waals surface area (Å²) in [5.74, 6) is -1.51. The minimum absolute atomic E-state index is 0.180. The van der Waals surface area contributed by atoms with Crippen LogP contribution in [0.2, 0.25) is 0 Å². The van der Waals surface area contributed by atoms with E-state index in [1.165, 1.54) is 6.92 Å². The Morgan fingerprint density at radius 1 is 1.11 bits per heavy atom. The number of hydrogen-bond acceptors (Lipinski definition) is 6. The lowest BCUT2D eigenvalue weighted by molar-refractivity contribution is -0.148. The fourth-order valence-corrected chi connectivity index (χ4v) is 2.89. The zero-order chi connectivity index (χ0) is 20.1. The van der Waals surface area contributed by atoms with Crippen molar-refractivity contribution in [1.82, 2.24) is 5.32 Å². The molecule has 3 N–H and O–H groups in total. The van der Waals surface area contributed by atoms with Crippen molar-refractivity contribution >= 4 is 29.3 Å². The van der Waals surface area contributed by atoms with Crippen LogP contribution in [0.1, 0.15) is 24.9 Å². The summed E-state index contributed by atoms with van der Waals surface area (Å²) in [6, 6.07) is 18.0. The number of esters is 1. The van der Waals surface area contributed by atoms with E-state index in [2.05, 4.69) is 5.10 Å². The van der Waals surface area contributed by atoms with Crippen LogP contribution in [0.4, 0.5) is 10.5 Å². The maximum Gasteiger partial charge on any atom is 0.355 e. The molecule has 2 atom stereocenters. The van der Waals surface area contributed by atoms with E-state index in [4.69, 9.17) is 10.5 Å². The fraction of sp³-hybridized carbons (Fsp3) is 0.200. The van der Waals surface area contributed by atoms with Gasteiger partial charge in [0.25, 0.3) is 5.91 Å². The van der Waals surface area contributed by atoms with E-state index in [1.807, 2.05) is 66.0 Å². The molecule has 144 valence electrons. The number of para-hydroxylation sites is 1. The largest absolute Gasteiger partial charge is 0.448 e. The maximum absolute atomic E-state index is 12.5. The molecule has 8 nitrogen and oxygen atoms in total. The average Bonchev–Trinajstić information content (AvgIpc) is 3.14. The summed E-state index contributed by atoms with van der Waals surface area (Å²) in [5, 5.41) is 8.09. The number of carbonyl (C=O) groups is 3. The van der Waals surface area contributed by atoms with Crippen LogP contribution < -0.4 is 16.1 Å². The Bertz CT molecular complexity index is 899. The molecule has 2 aromatic carbocycles. The highest BCUT2D eigenvalue weighted by Gasteiger charge is 2.34. The number of benzene rings is 2. The summed E-state index contributed by atoms with van der Waals surface area (Å²) in [7, 11) is 0. The van der Waals surface area contributed by atoms with Crippen LogP contribution in [0.15, 0.2) is 65.8 Å². The van der Waals surface area contributed by atoms with E-state index in [-0.39, 0.29) is 11.8 Å². The first kappa shape index (κ1) is 19.1. The van der Waals surface area contributed by atoms with Gasteiger partial charge in [0.15, 0.2) is 6.10 Å². The van der Waals surface area contributed by atoms with Gasteiger partial charge in [0.2, 0.25) is 0 Å². The smallest absolute Gasteiger partial charge is 0.355 e. The van der Waals surface area contributed by atoms with Crippen LogP contribution in [-0.4, -0.2) is 29.7 Å². The van der Waals surface area contributed by atoms with Gasteiger partial charge in [-0.1, -0.05) is 48.5 Å². The van der Waals surface area contributed by atoms with Crippen molar-refractivity contribution < 1.29 is 19.1 Å². The van der Waals surface area contributed by atoms with Crippen molar-refractivity contribution in [2.24, 2.45) is 10.8 Å². The number of hydrogen-bond donors (Lipinski definition) is 2. The van der Waals surface area contributed by atoms with Crippen molar-refractivity contribution in [2.75, 3.05) is 5.01 Å². The van der Waals surface area contributed by atoms with Gasteiger partial charge in [-0.3, -0.25) is 15.1 Å². The van der Waals surface area contributed by atoms with Crippen molar-refractivity contribution in [3.63, 3.8) is 0 Å². The van der Waals surface area contributed by atoms with Gasteiger partial charge in [0.1, 0.15) is 5.71 Å². The highest BCUT2D eigenvalue weighted by Crippen LogP contribution is 2.35. The Morgan fingerprint density at radius 3 is 2.32 bits per heavy atom. The molecule has 0 fully saturated rings. The minimum atomic E-state index is -1.18. The highest BCUT2D eigenvalue weighted by molar-refractivity contribution is 6.37. The van der Waals surface area contributed by atoms with Crippen molar-refractivity contribution in [1.29, 1.82) is 0 Å². The number of rotatable bonds is 5. The van der Waals surface area contributed by atoms with Gasteiger partial charge in [-0.25, -0.2) is 9.59 Å². The third kappa shape index (κ3) is 4.35. The number of amides is 3. The van der Waals surface area contributed by atoms with Gasteiger partial charge in [-0.05, 0) is 24.6 Å². The predicted octanol–water partition coefficient (Wildman–Crippen LogP) is 2.12. The fourth-order valence-electron chi connectivity index (χ4n) is 2.89. The third-order valence-corrected chi connectivity index (χ3v) is 4.25. The van der Waals surface area contributed by atoms with E-state index in [0.717, 1.165) is 11.3 Å². The zero-order valence-corrected chi connectivity index (χ0v) is 15.2. The maximum atomic E-state index is 12.5. The molecular formula is C20H20N4O4. The number of nitrogens with one attached hydrogen (secondary N) is 1. The van der Waals surface area contributed by atoms with Crippen molar-refractivity contribution in [2.45, 2.75) is 25.5 Å². The number of nitrogens with zero attached hydrogens (tertiary/aromatic N) is 2. The number of primary amides is 1. The molecule has 0 saturated carbocycles. The highest BCUT2D eigenvalue weighted by atomic mass is 16.5. The van der Waals surface area contributed by atoms with Crippen molar-refractivity contribution in [3.8, 4) is 0 Å². The lowest BCUT2D eigenvalue weighted by Gasteiger charge is -2.23. The van der Waals surface area contributed by atoms with Gasteiger partial charge in [-0.15, -0.1) is 0 Å². The van der Waals surface area contributed by atoms with E-state index in [9.17, 15) is 14.4 Å². The molecule has 0 saturated heterocycles. The summed E-state index contributed by atoms with van der Waals surface area (Å²) < 4.78 is 5.15. The van der Waals surface area contributed by atoms with Gasteiger partial charge in [0, 0.05) is 6.42 Å². The number of urea groups is 1. The van der Waals surface area contributed by atoms with E-state index in [0.29, 0.717) is 6.42 Å². The number of carbonyl (C=O) groups excluding carboxylic acids is 3. The first-order valence-corrected chi connectivity index (χ1v) is 8.73. The molecule has 1 aliphatic rings. The first-order chi connectivity index (χ1) is 13.5. The standard InChI is InChI=1S/C20H20N4O4/c1-13(18(25)22-20(21)27)28-19(26)16-12-17(14-8-4-2-5-9-14)24(23-16)15-10-6-3-7-11-15/h2-11,13,17H,12H2,1H3,(H3,21,22,25,27). The number of anilines is 1. The normalized spacial score (nSPS) is 16.8. The Morgan fingerprint density at radius 2 is 1.71 bits per heavy atom. The summed E-state index contributed by atoms with van der Waals surface area (Å²) in [5.41, 5.74) is 6.93. The molecule has 0 aromatic heterocycles. The summed E-state index contributed by atoms with van der Waals surface area (Å²) in [6.45, 7) is 1.36. The molecule has 3 rings (SSSR count). The third-order valence-electron chi connectivity index (χ3n) is 4.25. The zero-order valence-electron chi connectivity index (χ0n) is 15.2. The number of ether oxygens (including phenoxy) is 1. The van der Waals surface area contributed by atoms with Gasteiger partial charge in [0.05, 0.1) is 11.7 Å². The number of nitrogens with two attached hydrogens (primary N) is 1. The molecule has 2 unspecified atom stereocenters. The second-order valence-corrected chi connectivity index (χ2v) is 6.26.